The first kappa shape index (κ1) is 12.7. The lowest BCUT2D eigenvalue weighted by atomic mass is 9.74. The maximum atomic E-state index is 6.14. The Balaban J connectivity index is 2.10. The fraction of sp³-hybridized carbons (Fsp3) is 0.400. The summed E-state index contributed by atoms with van der Waals surface area (Å²) in [5, 5.41) is 4.79. The molecule has 3 rings (SSSR count). The van der Waals surface area contributed by atoms with Crippen molar-refractivity contribution in [2.75, 3.05) is 11.1 Å². The summed E-state index contributed by atoms with van der Waals surface area (Å²) in [5.74, 6) is 0. The average Bonchev–Trinajstić information content (AvgIpc) is 2.36. The molecule has 0 amide bonds. The molecule has 3 N–H and O–H groups in total. The number of rotatable bonds is 3. The molecule has 0 spiro atoms. The molecule has 0 saturated heterocycles. The summed E-state index contributed by atoms with van der Waals surface area (Å²) in [6, 6.07) is 6.11. The molecule has 3 nitrogen and oxygen atoms in total. The van der Waals surface area contributed by atoms with Gasteiger partial charge in [-0.2, -0.15) is 0 Å². The number of aromatic nitrogens is 1. The smallest absolute Gasteiger partial charge is 0.0743 e. The van der Waals surface area contributed by atoms with Crippen LogP contribution in [0.5, 0.6) is 0 Å². The van der Waals surface area contributed by atoms with Gasteiger partial charge in [-0.1, -0.05) is 22.9 Å². The van der Waals surface area contributed by atoms with Crippen molar-refractivity contribution < 1.29 is 0 Å². The highest BCUT2D eigenvalue weighted by Crippen LogP contribution is 2.41. The van der Waals surface area contributed by atoms with Gasteiger partial charge in [-0.15, -0.1) is 0 Å². The number of nitrogens with one attached hydrogen (secondary N) is 1. The highest BCUT2D eigenvalue weighted by molar-refractivity contribution is 9.10. The Morgan fingerprint density at radius 2 is 2.21 bits per heavy atom. The fourth-order valence-corrected chi connectivity index (χ4v) is 3.12. The number of fused-ring (bicyclic) bond motifs is 1. The summed E-state index contributed by atoms with van der Waals surface area (Å²) in [4.78, 5) is 4.40. The number of benzene rings is 1. The molecule has 0 radical (unpaired) electrons. The van der Waals surface area contributed by atoms with Crippen molar-refractivity contribution in [3.8, 4) is 0 Å². The van der Waals surface area contributed by atoms with Gasteiger partial charge in [0, 0.05) is 15.4 Å². The topological polar surface area (TPSA) is 50.9 Å². The van der Waals surface area contributed by atoms with E-state index in [1.165, 1.54) is 19.3 Å². The number of nitrogens with two attached hydrogens (primary N) is 1. The van der Waals surface area contributed by atoms with Gasteiger partial charge in [0.1, 0.15) is 0 Å². The number of hydrogen-bond donors (Lipinski definition) is 2. The lowest BCUT2D eigenvalue weighted by Crippen LogP contribution is -2.44. The van der Waals surface area contributed by atoms with E-state index in [0.717, 1.165) is 33.2 Å². The van der Waals surface area contributed by atoms with Gasteiger partial charge in [0.25, 0.3) is 0 Å². The number of halogens is 1. The molecule has 0 unspecified atom stereocenters. The second-order valence-electron chi connectivity index (χ2n) is 5.36. The van der Waals surface area contributed by atoms with Gasteiger partial charge < -0.3 is 11.1 Å². The van der Waals surface area contributed by atoms with Gasteiger partial charge in [0.15, 0.2) is 0 Å². The summed E-state index contributed by atoms with van der Waals surface area (Å²) < 4.78 is 1.05. The quantitative estimate of drug-likeness (QED) is 0.885. The first-order valence-corrected chi connectivity index (χ1v) is 7.55. The molecule has 1 saturated carbocycles. The largest absolute Gasteiger partial charge is 0.396 e. The molecule has 1 fully saturated rings. The average molecular weight is 320 g/mol. The monoisotopic (exact) mass is 319 g/mol. The van der Waals surface area contributed by atoms with Crippen molar-refractivity contribution in [1.29, 1.82) is 0 Å². The zero-order valence-corrected chi connectivity index (χ0v) is 12.6. The van der Waals surface area contributed by atoms with Crippen molar-refractivity contribution in [3.63, 3.8) is 0 Å². The molecule has 1 aromatic carbocycles. The molecule has 0 aliphatic heterocycles. The number of hydrogen-bond acceptors (Lipinski definition) is 3. The molecular formula is C15H18BrN3. The summed E-state index contributed by atoms with van der Waals surface area (Å²) in [6.45, 7) is 2.24. The van der Waals surface area contributed by atoms with Gasteiger partial charge in [0.05, 0.1) is 23.1 Å². The molecule has 0 bridgehead atoms. The molecule has 100 valence electrons. The van der Waals surface area contributed by atoms with E-state index in [1.807, 2.05) is 12.1 Å². The Morgan fingerprint density at radius 3 is 2.84 bits per heavy atom. The maximum Gasteiger partial charge on any atom is 0.0743 e. The van der Waals surface area contributed by atoms with E-state index in [9.17, 15) is 0 Å². The van der Waals surface area contributed by atoms with Gasteiger partial charge in [0.2, 0.25) is 0 Å². The third kappa shape index (κ3) is 2.18. The normalized spacial score (nSPS) is 17.2. The Kier molecular flexibility index (Phi) is 3.13. The predicted molar refractivity (Wildman–Crippen MR) is 84.4 cm³/mol. The number of nitrogens with zero attached hydrogens (tertiary/aromatic N) is 1. The van der Waals surface area contributed by atoms with Crippen LogP contribution in [0.1, 0.15) is 32.6 Å². The van der Waals surface area contributed by atoms with Crippen LogP contribution < -0.4 is 11.1 Å². The minimum atomic E-state index is 0.227. The molecule has 1 aliphatic rings. The Hall–Kier alpha value is -1.29. The molecule has 1 aromatic heterocycles. The second-order valence-corrected chi connectivity index (χ2v) is 6.28. The third-order valence-electron chi connectivity index (χ3n) is 4.24. The second kappa shape index (κ2) is 4.67. The third-order valence-corrected chi connectivity index (χ3v) is 4.73. The molecule has 1 heterocycles. The van der Waals surface area contributed by atoms with Crippen molar-refractivity contribution >= 4 is 38.2 Å². The highest BCUT2D eigenvalue weighted by Gasteiger charge is 2.35. The zero-order valence-electron chi connectivity index (χ0n) is 11.0. The Morgan fingerprint density at radius 1 is 1.42 bits per heavy atom. The number of anilines is 2. The van der Waals surface area contributed by atoms with E-state index in [1.54, 1.807) is 6.20 Å². The van der Waals surface area contributed by atoms with Crippen LogP contribution in [0.3, 0.4) is 0 Å². The predicted octanol–water partition coefficient (Wildman–Crippen LogP) is 4.32. The van der Waals surface area contributed by atoms with Gasteiger partial charge >= 0.3 is 0 Å². The van der Waals surface area contributed by atoms with Gasteiger partial charge in [-0.05, 0) is 43.9 Å². The molecular weight excluding hydrogens is 302 g/mol. The standard InChI is InChI=1S/C15H18BrN3/c1-2-15(6-3-7-15)19-14-11-8-10(16)4-5-13(11)18-9-12(14)17/h4-5,8-9H,2-3,6-7,17H2,1H3,(H,18,19). The zero-order chi connectivity index (χ0) is 13.5. The summed E-state index contributed by atoms with van der Waals surface area (Å²) in [5.41, 5.74) is 9.10. The summed E-state index contributed by atoms with van der Waals surface area (Å²) in [7, 11) is 0. The first-order valence-electron chi connectivity index (χ1n) is 6.75. The highest BCUT2D eigenvalue weighted by atomic mass is 79.9. The molecule has 1 aliphatic carbocycles. The van der Waals surface area contributed by atoms with Crippen molar-refractivity contribution in [3.05, 3.63) is 28.9 Å². The number of pyridine rings is 1. The first-order chi connectivity index (χ1) is 9.13. The van der Waals surface area contributed by atoms with Crippen LogP contribution in [0, 0.1) is 0 Å². The maximum absolute atomic E-state index is 6.14. The molecule has 19 heavy (non-hydrogen) atoms. The number of nitrogen functional groups attached to an aromatic ring is 1. The van der Waals surface area contributed by atoms with Crippen LogP contribution in [-0.2, 0) is 0 Å². The van der Waals surface area contributed by atoms with Crippen molar-refractivity contribution in [2.45, 2.75) is 38.1 Å². The van der Waals surface area contributed by atoms with Crippen molar-refractivity contribution in [2.24, 2.45) is 0 Å². The van der Waals surface area contributed by atoms with Crippen LogP contribution in [-0.4, -0.2) is 10.5 Å². The van der Waals surface area contributed by atoms with Crippen molar-refractivity contribution in [1.82, 2.24) is 4.98 Å². The Bertz CT molecular complexity index is 609. The fourth-order valence-electron chi connectivity index (χ4n) is 2.76. The summed E-state index contributed by atoms with van der Waals surface area (Å²) in [6.07, 6.45) is 6.62. The molecule has 4 heteroatoms. The van der Waals surface area contributed by atoms with E-state index in [2.05, 4.69) is 39.2 Å². The molecule has 0 atom stereocenters. The lowest BCUT2D eigenvalue weighted by molar-refractivity contribution is 0.270. The Labute approximate surface area is 121 Å². The van der Waals surface area contributed by atoms with E-state index in [0.29, 0.717) is 0 Å². The van der Waals surface area contributed by atoms with Crippen LogP contribution in [0.15, 0.2) is 28.9 Å². The van der Waals surface area contributed by atoms with Gasteiger partial charge in [-0.25, -0.2) is 0 Å². The van der Waals surface area contributed by atoms with E-state index in [-0.39, 0.29) is 5.54 Å². The lowest BCUT2D eigenvalue weighted by Gasteiger charge is -2.43. The minimum absolute atomic E-state index is 0.227. The minimum Gasteiger partial charge on any atom is -0.396 e. The van der Waals surface area contributed by atoms with Crippen LogP contribution >= 0.6 is 15.9 Å². The van der Waals surface area contributed by atoms with Crippen LogP contribution in [0.25, 0.3) is 10.9 Å². The van der Waals surface area contributed by atoms with Crippen LogP contribution in [0.4, 0.5) is 11.4 Å². The van der Waals surface area contributed by atoms with E-state index >= 15 is 0 Å². The van der Waals surface area contributed by atoms with E-state index < -0.39 is 0 Å². The van der Waals surface area contributed by atoms with Gasteiger partial charge in [-0.3, -0.25) is 4.98 Å². The van der Waals surface area contributed by atoms with Crippen LogP contribution in [0.2, 0.25) is 0 Å². The SMILES string of the molecule is CCC1(Nc2c(N)cnc3ccc(Br)cc23)CCC1. The molecule has 2 aromatic rings. The van der Waals surface area contributed by atoms with E-state index in [4.69, 9.17) is 5.73 Å². The summed E-state index contributed by atoms with van der Waals surface area (Å²) >= 11 is 3.52.